The molecular formula is C15H20N4. The van der Waals surface area contributed by atoms with Crippen molar-refractivity contribution < 1.29 is 0 Å². The molecule has 0 atom stereocenters. The van der Waals surface area contributed by atoms with Gasteiger partial charge in [0.15, 0.2) is 0 Å². The standard InChI is InChI=1S/C15H20N4/c1-4-11-6-5-7-12(8-11)17-14-9-13(16)18-15(19-14)10(2)3/h5-10H,4H2,1-3H3,(H3,16,17,18,19). The number of nitrogens with one attached hydrogen (secondary N) is 1. The van der Waals surface area contributed by atoms with Gasteiger partial charge in [-0.15, -0.1) is 0 Å². The van der Waals surface area contributed by atoms with E-state index in [0.29, 0.717) is 5.82 Å². The quantitative estimate of drug-likeness (QED) is 0.879. The molecule has 4 heteroatoms. The zero-order valence-electron chi connectivity index (χ0n) is 11.6. The van der Waals surface area contributed by atoms with Crippen molar-refractivity contribution in [2.45, 2.75) is 33.1 Å². The molecule has 0 bridgehead atoms. The number of nitrogen functional groups attached to an aromatic ring is 1. The monoisotopic (exact) mass is 256 g/mol. The van der Waals surface area contributed by atoms with E-state index in [1.165, 1.54) is 5.56 Å². The molecule has 0 aliphatic carbocycles. The van der Waals surface area contributed by atoms with Gasteiger partial charge in [-0.2, -0.15) is 0 Å². The van der Waals surface area contributed by atoms with Crippen molar-refractivity contribution in [3.05, 3.63) is 41.7 Å². The zero-order chi connectivity index (χ0) is 13.8. The van der Waals surface area contributed by atoms with Crippen LogP contribution in [-0.4, -0.2) is 9.97 Å². The SMILES string of the molecule is CCc1cccc(Nc2cc(N)nc(C(C)C)n2)c1. The Kier molecular flexibility index (Phi) is 4.00. The summed E-state index contributed by atoms with van der Waals surface area (Å²) in [7, 11) is 0. The summed E-state index contributed by atoms with van der Waals surface area (Å²) in [6.45, 7) is 6.24. The summed E-state index contributed by atoms with van der Waals surface area (Å²) in [4.78, 5) is 8.72. The fourth-order valence-corrected chi connectivity index (χ4v) is 1.82. The highest BCUT2D eigenvalue weighted by molar-refractivity contribution is 5.59. The molecule has 4 nitrogen and oxygen atoms in total. The van der Waals surface area contributed by atoms with E-state index in [1.54, 1.807) is 6.07 Å². The van der Waals surface area contributed by atoms with Crippen LogP contribution >= 0.6 is 0 Å². The normalized spacial score (nSPS) is 10.7. The van der Waals surface area contributed by atoms with Crippen LogP contribution in [0.5, 0.6) is 0 Å². The number of anilines is 3. The van der Waals surface area contributed by atoms with E-state index in [0.717, 1.165) is 23.8 Å². The van der Waals surface area contributed by atoms with E-state index >= 15 is 0 Å². The number of nitrogens with two attached hydrogens (primary N) is 1. The summed E-state index contributed by atoms with van der Waals surface area (Å²) in [6, 6.07) is 10.0. The van der Waals surface area contributed by atoms with Crippen molar-refractivity contribution in [3.8, 4) is 0 Å². The van der Waals surface area contributed by atoms with Gasteiger partial charge >= 0.3 is 0 Å². The Bertz CT molecular complexity index is 564. The molecule has 1 heterocycles. The van der Waals surface area contributed by atoms with Crippen LogP contribution in [0.25, 0.3) is 0 Å². The molecule has 19 heavy (non-hydrogen) atoms. The van der Waals surface area contributed by atoms with E-state index in [2.05, 4.69) is 48.2 Å². The van der Waals surface area contributed by atoms with Gasteiger partial charge in [-0.05, 0) is 24.1 Å². The lowest BCUT2D eigenvalue weighted by atomic mass is 10.1. The van der Waals surface area contributed by atoms with E-state index < -0.39 is 0 Å². The second-order valence-corrected chi connectivity index (χ2v) is 4.87. The van der Waals surface area contributed by atoms with Crippen molar-refractivity contribution in [1.82, 2.24) is 9.97 Å². The van der Waals surface area contributed by atoms with Crippen LogP contribution < -0.4 is 11.1 Å². The maximum Gasteiger partial charge on any atom is 0.136 e. The van der Waals surface area contributed by atoms with E-state index in [9.17, 15) is 0 Å². The van der Waals surface area contributed by atoms with Crippen molar-refractivity contribution in [1.29, 1.82) is 0 Å². The van der Waals surface area contributed by atoms with Crippen LogP contribution in [0.3, 0.4) is 0 Å². The molecule has 3 N–H and O–H groups in total. The number of hydrogen-bond acceptors (Lipinski definition) is 4. The molecule has 0 amide bonds. The molecule has 0 radical (unpaired) electrons. The van der Waals surface area contributed by atoms with Crippen molar-refractivity contribution in [2.75, 3.05) is 11.1 Å². The second-order valence-electron chi connectivity index (χ2n) is 4.87. The molecule has 0 spiro atoms. The molecule has 2 rings (SSSR count). The lowest BCUT2D eigenvalue weighted by Gasteiger charge is -2.10. The first-order valence-corrected chi connectivity index (χ1v) is 6.59. The number of rotatable bonds is 4. The minimum absolute atomic E-state index is 0.256. The lowest BCUT2D eigenvalue weighted by molar-refractivity contribution is 0.779. The average molecular weight is 256 g/mol. The lowest BCUT2D eigenvalue weighted by Crippen LogP contribution is -2.04. The van der Waals surface area contributed by atoms with Gasteiger partial charge in [-0.3, -0.25) is 0 Å². The summed E-state index contributed by atoms with van der Waals surface area (Å²) in [5.74, 6) is 2.25. The molecule has 0 aliphatic rings. The topological polar surface area (TPSA) is 63.8 Å². The number of aryl methyl sites for hydroxylation is 1. The molecule has 0 saturated heterocycles. The van der Waals surface area contributed by atoms with Crippen molar-refractivity contribution >= 4 is 17.3 Å². The predicted octanol–water partition coefficient (Wildman–Crippen LogP) is 3.49. The van der Waals surface area contributed by atoms with Crippen molar-refractivity contribution in [3.63, 3.8) is 0 Å². The van der Waals surface area contributed by atoms with Crippen molar-refractivity contribution in [2.24, 2.45) is 0 Å². The minimum Gasteiger partial charge on any atom is -0.384 e. The molecule has 0 unspecified atom stereocenters. The molecule has 1 aromatic heterocycles. The Balaban J connectivity index is 2.27. The van der Waals surface area contributed by atoms with E-state index in [1.807, 2.05) is 12.1 Å². The van der Waals surface area contributed by atoms with Gasteiger partial charge in [-0.25, -0.2) is 9.97 Å². The number of nitrogens with zero attached hydrogens (tertiary/aromatic N) is 2. The highest BCUT2D eigenvalue weighted by Gasteiger charge is 2.06. The van der Waals surface area contributed by atoms with Gasteiger partial charge < -0.3 is 11.1 Å². The Morgan fingerprint density at radius 2 is 2.00 bits per heavy atom. The smallest absolute Gasteiger partial charge is 0.136 e. The second kappa shape index (κ2) is 5.69. The minimum atomic E-state index is 0.256. The van der Waals surface area contributed by atoms with E-state index in [4.69, 9.17) is 5.73 Å². The molecular weight excluding hydrogens is 236 g/mol. The largest absolute Gasteiger partial charge is 0.384 e. The third-order valence-corrected chi connectivity index (χ3v) is 2.89. The third-order valence-electron chi connectivity index (χ3n) is 2.89. The zero-order valence-corrected chi connectivity index (χ0v) is 11.6. The Morgan fingerprint density at radius 3 is 2.68 bits per heavy atom. The van der Waals surface area contributed by atoms with Gasteiger partial charge in [0, 0.05) is 17.7 Å². The van der Waals surface area contributed by atoms with Crippen LogP contribution in [-0.2, 0) is 6.42 Å². The number of benzene rings is 1. The molecule has 0 fully saturated rings. The molecule has 0 aliphatic heterocycles. The number of hydrogen-bond donors (Lipinski definition) is 2. The average Bonchev–Trinajstić information content (AvgIpc) is 2.38. The fourth-order valence-electron chi connectivity index (χ4n) is 1.82. The summed E-state index contributed by atoms with van der Waals surface area (Å²) >= 11 is 0. The Hall–Kier alpha value is -2.10. The van der Waals surface area contributed by atoms with Crippen LogP contribution in [0.4, 0.5) is 17.3 Å². The predicted molar refractivity (Wildman–Crippen MR) is 79.6 cm³/mol. The summed E-state index contributed by atoms with van der Waals surface area (Å²) in [5, 5.41) is 3.28. The van der Waals surface area contributed by atoms with Crippen LogP contribution in [0, 0.1) is 0 Å². The Morgan fingerprint density at radius 1 is 1.21 bits per heavy atom. The van der Waals surface area contributed by atoms with E-state index in [-0.39, 0.29) is 5.92 Å². The molecule has 100 valence electrons. The first-order chi connectivity index (χ1) is 9.08. The highest BCUT2D eigenvalue weighted by Crippen LogP contribution is 2.20. The fraction of sp³-hybridized carbons (Fsp3) is 0.333. The third kappa shape index (κ3) is 3.44. The van der Waals surface area contributed by atoms with Crippen LogP contribution in [0.1, 0.15) is 38.1 Å². The van der Waals surface area contributed by atoms with Gasteiger partial charge in [0.05, 0.1) is 0 Å². The van der Waals surface area contributed by atoms with Gasteiger partial charge in [0.1, 0.15) is 17.5 Å². The summed E-state index contributed by atoms with van der Waals surface area (Å²) < 4.78 is 0. The first-order valence-electron chi connectivity index (χ1n) is 6.59. The van der Waals surface area contributed by atoms with Crippen LogP contribution in [0.2, 0.25) is 0 Å². The maximum absolute atomic E-state index is 5.82. The first kappa shape index (κ1) is 13.3. The van der Waals surface area contributed by atoms with Crippen LogP contribution in [0.15, 0.2) is 30.3 Å². The van der Waals surface area contributed by atoms with Gasteiger partial charge in [-0.1, -0.05) is 32.9 Å². The molecule has 0 saturated carbocycles. The number of aromatic nitrogens is 2. The van der Waals surface area contributed by atoms with Gasteiger partial charge in [0.25, 0.3) is 0 Å². The molecule has 1 aromatic carbocycles. The summed E-state index contributed by atoms with van der Waals surface area (Å²) in [5.41, 5.74) is 8.12. The highest BCUT2D eigenvalue weighted by atomic mass is 15.1. The molecule has 2 aromatic rings. The maximum atomic E-state index is 5.82. The summed E-state index contributed by atoms with van der Waals surface area (Å²) in [6.07, 6.45) is 1.01. The van der Waals surface area contributed by atoms with Gasteiger partial charge in [0.2, 0.25) is 0 Å². The Labute approximate surface area is 114 Å².